The summed E-state index contributed by atoms with van der Waals surface area (Å²) in [4.78, 5) is 0. The lowest BCUT2D eigenvalue weighted by molar-refractivity contribution is 0.789. The first-order valence-electron chi connectivity index (χ1n) is 8.07. The van der Waals surface area contributed by atoms with Gasteiger partial charge < -0.3 is 5.32 Å². The average molecular weight is 331 g/mol. The molecule has 25 heavy (non-hydrogen) atoms. The van der Waals surface area contributed by atoms with Crippen molar-refractivity contribution in [3.63, 3.8) is 0 Å². The summed E-state index contributed by atoms with van der Waals surface area (Å²) < 4.78 is 3.57. The summed E-state index contributed by atoms with van der Waals surface area (Å²) in [5.74, 6) is 0.627. The van der Waals surface area contributed by atoms with Crippen molar-refractivity contribution in [1.29, 1.82) is 0 Å². The molecule has 4 aromatic rings. The topological polar surface area (TPSA) is 73.5 Å². The molecule has 0 unspecified atom stereocenters. The van der Waals surface area contributed by atoms with Gasteiger partial charge in [0.15, 0.2) is 0 Å². The van der Waals surface area contributed by atoms with Gasteiger partial charge in [0.25, 0.3) is 0 Å². The molecule has 7 heteroatoms. The first kappa shape index (κ1) is 15.1. The average Bonchev–Trinajstić information content (AvgIpc) is 3.33. The van der Waals surface area contributed by atoms with E-state index in [1.807, 2.05) is 77.7 Å². The molecular weight excluding hydrogens is 314 g/mol. The second-order valence-electron chi connectivity index (χ2n) is 5.56. The lowest BCUT2D eigenvalue weighted by atomic mass is 10.2. The van der Waals surface area contributed by atoms with Crippen LogP contribution in [-0.4, -0.2) is 36.5 Å². The Labute approximate surface area is 144 Å². The molecule has 0 aliphatic rings. The fourth-order valence-corrected chi connectivity index (χ4v) is 2.57. The standard InChI is InChI=1S/C18H17N7/c1-3-7-16(8-4-1)24-14-15(13-20-24)11-12-19-18-21-22-23-25(18)17-9-5-2-6-10-17/h1-10,13-14H,11-12H2,(H,19,21,23). The minimum absolute atomic E-state index is 0.627. The third kappa shape index (κ3) is 3.40. The fourth-order valence-electron chi connectivity index (χ4n) is 2.57. The highest BCUT2D eigenvalue weighted by Crippen LogP contribution is 2.11. The highest BCUT2D eigenvalue weighted by Gasteiger charge is 2.07. The molecule has 7 nitrogen and oxygen atoms in total. The number of aromatic nitrogens is 6. The van der Waals surface area contributed by atoms with Crippen LogP contribution in [0.1, 0.15) is 5.56 Å². The molecule has 2 heterocycles. The molecule has 0 bridgehead atoms. The van der Waals surface area contributed by atoms with E-state index in [1.165, 1.54) is 0 Å². The molecule has 124 valence electrons. The van der Waals surface area contributed by atoms with Crippen LogP contribution >= 0.6 is 0 Å². The third-order valence-electron chi connectivity index (χ3n) is 3.82. The molecule has 0 saturated heterocycles. The number of para-hydroxylation sites is 2. The van der Waals surface area contributed by atoms with Crippen LogP contribution in [0.4, 0.5) is 5.95 Å². The summed E-state index contributed by atoms with van der Waals surface area (Å²) in [6, 6.07) is 19.9. The summed E-state index contributed by atoms with van der Waals surface area (Å²) in [7, 11) is 0. The van der Waals surface area contributed by atoms with E-state index in [9.17, 15) is 0 Å². The van der Waals surface area contributed by atoms with Gasteiger partial charge in [-0.15, -0.1) is 0 Å². The predicted molar refractivity (Wildman–Crippen MR) is 94.9 cm³/mol. The molecule has 1 N–H and O–H groups in total. The van der Waals surface area contributed by atoms with Crippen LogP contribution in [0.25, 0.3) is 11.4 Å². The Morgan fingerprint density at radius 2 is 1.60 bits per heavy atom. The zero-order valence-electron chi connectivity index (χ0n) is 13.5. The van der Waals surface area contributed by atoms with Crippen LogP contribution in [0.15, 0.2) is 73.1 Å². The zero-order valence-corrected chi connectivity index (χ0v) is 13.5. The second-order valence-corrected chi connectivity index (χ2v) is 5.56. The highest BCUT2D eigenvalue weighted by molar-refractivity contribution is 5.38. The van der Waals surface area contributed by atoms with Gasteiger partial charge in [0.1, 0.15) is 0 Å². The van der Waals surface area contributed by atoms with Crippen molar-refractivity contribution in [2.45, 2.75) is 6.42 Å². The maximum Gasteiger partial charge on any atom is 0.247 e. The quantitative estimate of drug-likeness (QED) is 0.588. The summed E-state index contributed by atoms with van der Waals surface area (Å²) in [5, 5.41) is 19.5. The Bertz CT molecular complexity index is 928. The van der Waals surface area contributed by atoms with Crippen LogP contribution in [0.3, 0.4) is 0 Å². The first-order chi connectivity index (χ1) is 12.4. The van der Waals surface area contributed by atoms with Crippen molar-refractivity contribution in [3.8, 4) is 11.4 Å². The van der Waals surface area contributed by atoms with Crippen molar-refractivity contribution >= 4 is 5.95 Å². The van der Waals surface area contributed by atoms with E-state index < -0.39 is 0 Å². The van der Waals surface area contributed by atoms with E-state index in [4.69, 9.17) is 0 Å². The van der Waals surface area contributed by atoms with Gasteiger partial charge in [0.05, 0.1) is 17.6 Å². The number of nitrogens with zero attached hydrogens (tertiary/aromatic N) is 6. The van der Waals surface area contributed by atoms with Gasteiger partial charge in [-0.25, -0.2) is 4.68 Å². The van der Waals surface area contributed by atoms with E-state index in [0.29, 0.717) is 12.5 Å². The monoisotopic (exact) mass is 331 g/mol. The minimum Gasteiger partial charge on any atom is -0.352 e. The molecule has 4 rings (SSSR count). The molecule has 0 saturated carbocycles. The molecule has 0 fully saturated rings. The third-order valence-corrected chi connectivity index (χ3v) is 3.82. The smallest absolute Gasteiger partial charge is 0.247 e. The predicted octanol–water partition coefficient (Wildman–Crippen LogP) is 2.50. The normalized spacial score (nSPS) is 10.7. The zero-order chi connectivity index (χ0) is 16.9. The van der Waals surface area contributed by atoms with E-state index in [-0.39, 0.29) is 0 Å². The van der Waals surface area contributed by atoms with Crippen molar-refractivity contribution < 1.29 is 0 Å². The maximum absolute atomic E-state index is 4.41. The van der Waals surface area contributed by atoms with Crippen LogP contribution in [0.5, 0.6) is 0 Å². The number of hydrogen-bond donors (Lipinski definition) is 1. The summed E-state index contributed by atoms with van der Waals surface area (Å²) in [6.07, 6.45) is 4.75. The summed E-state index contributed by atoms with van der Waals surface area (Å²) in [5.41, 5.74) is 3.12. The highest BCUT2D eigenvalue weighted by atomic mass is 15.6. The van der Waals surface area contributed by atoms with E-state index >= 15 is 0 Å². The number of nitrogens with one attached hydrogen (secondary N) is 1. The van der Waals surface area contributed by atoms with Crippen molar-refractivity contribution in [1.82, 2.24) is 30.0 Å². The van der Waals surface area contributed by atoms with Crippen LogP contribution in [-0.2, 0) is 6.42 Å². The second kappa shape index (κ2) is 6.96. The lowest BCUT2D eigenvalue weighted by Crippen LogP contribution is -2.10. The van der Waals surface area contributed by atoms with Gasteiger partial charge >= 0.3 is 0 Å². The summed E-state index contributed by atoms with van der Waals surface area (Å²) >= 11 is 0. The van der Waals surface area contributed by atoms with Crippen molar-refractivity contribution in [2.24, 2.45) is 0 Å². The Morgan fingerprint density at radius 1 is 0.880 bits per heavy atom. The Morgan fingerprint density at radius 3 is 2.36 bits per heavy atom. The van der Waals surface area contributed by atoms with E-state index in [0.717, 1.165) is 23.4 Å². The van der Waals surface area contributed by atoms with Gasteiger partial charge in [-0.05, 0) is 46.7 Å². The van der Waals surface area contributed by atoms with E-state index in [1.54, 1.807) is 4.68 Å². The molecule has 2 aromatic heterocycles. The van der Waals surface area contributed by atoms with Crippen molar-refractivity contribution in [2.75, 3.05) is 11.9 Å². The molecule has 0 radical (unpaired) electrons. The van der Waals surface area contributed by atoms with Crippen molar-refractivity contribution in [3.05, 3.63) is 78.6 Å². The Kier molecular flexibility index (Phi) is 4.20. The molecule has 0 aliphatic heterocycles. The SMILES string of the molecule is c1ccc(-n2cc(CCNc3nnnn3-c3ccccc3)cn2)cc1. The van der Waals surface area contributed by atoms with Gasteiger partial charge in [0, 0.05) is 12.7 Å². The Hall–Kier alpha value is -3.48. The minimum atomic E-state index is 0.627. The number of tetrazole rings is 1. The number of anilines is 1. The molecule has 0 atom stereocenters. The molecule has 0 aliphatic carbocycles. The maximum atomic E-state index is 4.41. The molecule has 2 aromatic carbocycles. The fraction of sp³-hybridized carbons (Fsp3) is 0.111. The molecular formula is C18H17N7. The first-order valence-corrected chi connectivity index (χ1v) is 8.07. The number of benzene rings is 2. The number of hydrogen-bond acceptors (Lipinski definition) is 5. The van der Waals surface area contributed by atoms with Crippen LogP contribution in [0.2, 0.25) is 0 Å². The van der Waals surface area contributed by atoms with Gasteiger partial charge in [-0.2, -0.15) is 9.78 Å². The number of rotatable bonds is 6. The molecule has 0 amide bonds. The summed E-state index contributed by atoms with van der Waals surface area (Å²) in [6.45, 7) is 0.716. The molecule has 0 spiro atoms. The van der Waals surface area contributed by atoms with Gasteiger partial charge in [0.2, 0.25) is 5.95 Å². The van der Waals surface area contributed by atoms with E-state index in [2.05, 4.69) is 25.9 Å². The van der Waals surface area contributed by atoms with Crippen LogP contribution < -0.4 is 5.32 Å². The van der Waals surface area contributed by atoms with Crippen LogP contribution in [0, 0.1) is 0 Å². The largest absolute Gasteiger partial charge is 0.352 e. The van der Waals surface area contributed by atoms with Gasteiger partial charge in [-0.1, -0.05) is 41.5 Å². The lowest BCUT2D eigenvalue weighted by Gasteiger charge is -2.06. The van der Waals surface area contributed by atoms with Gasteiger partial charge in [-0.3, -0.25) is 0 Å². The Balaban J connectivity index is 1.39.